The van der Waals surface area contributed by atoms with Gasteiger partial charge in [0.1, 0.15) is 0 Å². The van der Waals surface area contributed by atoms with Crippen LogP contribution in [0.15, 0.2) is 53.4 Å². The fraction of sp³-hybridized carbons (Fsp3) is 0.235. The zero-order chi connectivity index (χ0) is 17.7. The highest BCUT2D eigenvalue weighted by molar-refractivity contribution is 7.92. The highest BCUT2D eigenvalue weighted by atomic mass is 35.5. The molecule has 24 heavy (non-hydrogen) atoms. The standard InChI is InChI=1S/C17H19ClN2O3S/c1-3-11-19-17(21)13-5-4-6-15(12-13)20(2)24(22,23)16-9-7-14(18)8-10-16/h4-10,12H,3,11H2,1-2H3,(H,19,21). The zero-order valence-electron chi connectivity index (χ0n) is 13.5. The molecule has 128 valence electrons. The summed E-state index contributed by atoms with van der Waals surface area (Å²) in [5.74, 6) is -0.226. The van der Waals surface area contributed by atoms with E-state index in [1.807, 2.05) is 6.92 Å². The molecule has 0 bridgehead atoms. The van der Waals surface area contributed by atoms with E-state index < -0.39 is 10.0 Å². The summed E-state index contributed by atoms with van der Waals surface area (Å²) in [5, 5.41) is 3.23. The number of carbonyl (C=O) groups is 1. The summed E-state index contributed by atoms with van der Waals surface area (Å²) in [4.78, 5) is 12.2. The van der Waals surface area contributed by atoms with E-state index in [2.05, 4.69) is 5.32 Å². The Balaban J connectivity index is 2.30. The summed E-state index contributed by atoms with van der Waals surface area (Å²) in [6.45, 7) is 2.53. The zero-order valence-corrected chi connectivity index (χ0v) is 15.1. The van der Waals surface area contributed by atoms with Crippen molar-refractivity contribution in [3.05, 3.63) is 59.1 Å². The summed E-state index contributed by atoms with van der Waals surface area (Å²) in [7, 11) is -2.27. The van der Waals surface area contributed by atoms with Gasteiger partial charge in [-0.05, 0) is 48.9 Å². The van der Waals surface area contributed by atoms with Crippen molar-refractivity contribution in [2.24, 2.45) is 0 Å². The number of hydrogen-bond donors (Lipinski definition) is 1. The maximum Gasteiger partial charge on any atom is 0.264 e. The molecule has 0 spiro atoms. The quantitative estimate of drug-likeness (QED) is 0.852. The van der Waals surface area contributed by atoms with Gasteiger partial charge < -0.3 is 5.32 Å². The molecular formula is C17H19ClN2O3S. The average Bonchev–Trinajstić information content (AvgIpc) is 2.59. The van der Waals surface area contributed by atoms with Gasteiger partial charge in [-0.1, -0.05) is 24.6 Å². The molecule has 0 aliphatic carbocycles. The van der Waals surface area contributed by atoms with Crippen LogP contribution in [-0.4, -0.2) is 27.9 Å². The Hall–Kier alpha value is -2.05. The summed E-state index contributed by atoms with van der Waals surface area (Å²) < 4.78 is 26.5. The summed E-state index contributed by atoms with van der Waals surface area (Å²) >= 11 is 5.80. The summed E-state index contributed by atoms with van der Waals surface area (Å²) in [5.41, 5.74) is 0.827. The second-order valence-corrected chi connectivity index (χ2v) is 7.64. The molecular weight excluding hydrogens is 348 g/mol. The van der Waals surface area contributed by atoms with Crippen LogP contribution in [0.4, 0.5) is 5.69 Å². The number of nitrogens with one attached hydrogen (secondary N) is 1. The molecule has 0 fully saturated rings. The number of sulfonamides is 1. The van der Waals surface area contributed by atoms with Crippen LogP contribution in [0.5, 0.6) is 0 Å². The molecule has 0 aromatic heterocycles. The predicted molar refractivity (Wildman–Crippen MR) is 96.1 cm³/mol. The molecule has 0 saturated carbocycles. The topological polar surface area (TPSA) is 66.5 Å². The molecule has 0 aliphatic rings. The number of anilines is 1. The van der Waals surface area contributed by atoms with Gasteiger partial charge in [-0.2, -0.15) is 0 Å². The summed E-state index contributed by atoms with van der Waals surface area (Å²) in [6.07, 6.45) is 0.830. The fourth-order valence-corrected chi connectivity index (χ4v) is 3.40. The van der Waals surface area contributed by atoms with E-state index in [0.717, 1.165) is 10.7 Å². The van der Waals surface area contributed by atoms with Crippen LogP contribution in [0.3, 0.4) is 0 Å². The lowest BCUT2D eigenvalue weighted by atomic mass is 10.2. The van der Waals surface area contributed by atoms with Crippen molar-refractivity contribution in [2.75, 3.05) is 17.9 Å². The monoisotopic (exact) mass is 366 g/mol. The van der Waals surface area contributed by atoms with E-state index in [1.54, 1.807) is 24.3 Å². The van der Waals surface area contributed by atoms with Crippen LogP contribution in [0, 0.1) is 0 Å². The molecule has 7 heteroatoms. The lowest BCUT2D eigenvalue weighted by Gasteiger charge is -2.20. The minimum atomic E-state index is -3.73. The van der Waals surface area contributed by atoms with Crippen molar-refractivity contribution in [1.29, 1.82) is 0 Å². The fourth-order valence-electron chi connectivity index (χ4n) is 2.09. The van der Waals surface area contributed by atoms with Crippen molar-refractivity contribution in [3.8, 4) is 0 Å². The molecule has 2 aromatic rings. The predicted octanol–water partition coefficient (Wildman–Crippen LogP) is 3.30. The van der Waals surface area contributed by atoms with Crippen molar-refractivity contribution in [3.63, 3.8) is 0 Å². The van der Waals surface area contributed by atoms with Crippen molar-refractivity contribution in [1.82, 2.24) is 5.32 Å². The number of benzene rings is 2. The van der Waals surface area contributed by atoms with E-state index in [0.29, 0.717) is 22.8 Å². The van der Waals surface area contributed by atoms with Crippen molar-refractivity contribution >= 4 is 33.2 Å². The second-order valence-electron chi connectivity index (χ2n) is 5.23. The maximum atomic E-state index is 12.7. The third-order valence-electron chi connectivity index (χ3n) is 3.48. The number of nitrogens with zero attached hydrogens (tertiary/aromatic N) is 1. The van der Waals surface area contributed by atoms with Gasteiger partial charge in [-0.15, -0.1) is 0 Å². The molecule has 0 radical (unpaired) electrons. The highest BCUT2D eigenvalue weighted by Crippen LogP contribution is 2.24. The van der Waals surface area contributed by atoms with Crippen molar-refractivity contribution < 1.29 is 13.2 Å². The van der Waals surface area contributed by atoms with Gasteiger partial charge in [0.25, 0.3) is 15.9 Å². The van der Waals surface area contributed by atoms with Crippen LogP contribution in [0.25, 0.3) is 0 Å². The molecule has 5 nitrogen and oxygen atoms in total. The third kappa shape index (κ3) is 4.07. The van der Waals surface area contributed by atoms with Gasteiger partial charge in [-0.3, -0.25) is 9.10 Å². The van der Waals surface area contributed by atoms with Gasteiger partial charge in [0.2, 0.25) is 0 Å². The molecule has 1 amide bonds. The van der Waals surface area contributed by atoms with Gasteiger partial charge in [0, 0.05) is 24.2 Å². The first-order chi connectivity index (χ1) is 11.4. The molecule has 0 saturated heterocycles. The summed E-state index contributed by atoms with van der Waals surface area (Å²) in [6, 6.07) is 12.5. The third-order valence-corrected chi connectivity index (χ3v) is 5.53. The van der Waals surface area contributed by atoms with Crippen LogP contribution in [-0.2, 0) is 10.0 Å². The number of rotatable bonds is 6. The number of amides is 1. The minimum Gasteiger partial charge on any atom is -0.352 e. The van der Waals surface area contributed by atoms with Gasteiger partial charge >= 0.3 is 0 Å². The number of carbonyl (C=O) groups excluding carboxylic acids is 1. The van der Waals surface area contributed by atoms with Crippen molar-refractivity contribution in [2.45, 2.75) is 18.2 Å². The van der Waals surface area contributed by atoms with Gasteiger partial charge in [0.15, 0.2) is 0 Å². The Labute approximate surface area is 147 Å². The van der Waals surface area contributed by atoms with E-state index in [4.69, 9.17) is 11.6 Å². The highest BCUT2D eigenvalue weighted by Gasteiger charge is 2.21. The molecule has 0 atom stereocenters. The normalized spacial score (nSPS) is 11.1. The Kier molecular flexibility index (Phi) is 5.85. The van der Waals surface area contributed by atoms with Crippen LogP contribution in [0.2, 0.25) is 5.02 Å². The second kappa shape index (κ2) is 7.68. The maximum absolute atomic E-state index is 12.7. The molecule has 2 aromatic carbocycles. The average molecular weight is 367 g/mol. The van der Waals surface area contributed by atoms with E-state index >= 15 is 0 Å². The first-order valence-electron chi connectivity index (χ1n) is 7.49. The molecule has 0 heterocycles. The molecule has 0 unspecified atom stereocenters. The largest absolute Gasteiger partial charge is 0.352 e. The van der Waals surface area contributed by atoms with Gasteiger partial charge in [0.05, 0.1) is 10.6 Å². The lowest BCUT2D eigenvalue weighted by Crippen LogP contribution is -2.27. The Bertz CT molecular complexity index is 820. The number of hydrogen-bond acceptors (Lipinski definition) is 3. The van der Waals surface area contributed by atoms with Crippen LogP contribution < -0.4 is 9.62 Å². The van der Waals surface area contributed by atoms with E-state index in [9.17, 15) is 13.2 Å². The molecule has 1 N–H and O–H groups in total. The van der Waals surface area contributed by atoms with Gasteiger partial charge in [-0.25, -0.2) is 8.42 Å². The van der Waals surface area contributed by atoms with Crippen LogP contribution >= 0.6 is 11.6 Å². The Morgan fingerprint density at radius 3 is 2.46 bits per heavy atom. The SMILES string of the molecule is CCCNC(=O)c1cccc(N(C)S(=O)(=O)c2ccc(Cl)cc2)c1. The lowest BCUT2D eigenvalue weighted by molar-refractivity contribution is 0.0953. The first kappa shape index (κ1) is 18.3. The van der Waals surface area contributed by atoms with Crippen LogP contribution in [0.1, 0.15) is 23.7 Å². The smallest absolute Gasteiger partial charge is 0.264 e. The Morgan fingerprint density at radius 1 is 1.17 bits per heavy atom. The van der Waals surface area contributed by atoms with E-state index in [1.165, 1.54) is 31.3 Å². The Morgan fingerprint density at radius 2 is 1.83 bits per heavy atom. The first-order valence-corrected chi connectivity index (χ1v) is 9.31. The molecule has 0 aliphatic heterocycles. The molecule has 2 rings (SSSR count). The minimum absolute atomic E-state index is 0.134. The number of halogens is 1. The van der Waals surface area contributed by atoms with E-state index in [-0.39, 0.29) is 10.8 Å².